The maximum atomic E-state index is 12.0. The normalized spacial score (nSPS) is 11.3. The van der Waals surface area contributed by atoms with Crippen LogP contribution in [0.2, 0.25) is 5.02 Å². The molecule has 0 saturated heterocycles. The minimum Gasteiger partial charge on any atom is -0.315 e. The van der Waals surface area contributed by atoms with Crippen molar-refractivity contribution in [1.29, 1.82) is 0 Å². The highest BCUT2D eigenvalue weighted by atomic mass is 35.5. The molecule has 0 amide bonds. The zero-order valence-corrected chi connectivity index (χ0v) is 13.0. The van der Waals surface area contributed by atoms with Crippen LogP contribution in [0.25, 0.3) is 0 Å². The summed E-state index contributed by atoms with van der Waals surface area (Å²) in [7, 11) is 0. The number of Topliss-reactive ketones (excluding diaryl/α,β-unsaturated/α-hetero) is 1. The minimum atomic E-state index is 0.224. The molecular formula is C14H24ClN3O. The Morgan fingerprint density at radius 2 is 2.16 bits per heavy atom. The first kappa shape index (κ1) is 16.2. The van der Waals surface area contributed by atoms with E-state index >= 15 is 0 Å². The van der Waals surface area contributed by atoms with Crippen molar-refractivity contribution in [3.63, 3.8) is 0 Å². The first-order valence-corrected chi connectivity index (χ1v) is 7.30. The second kappa shape index (κ2) is 7.65. The monoisotopic (exact) mass is 285 g/mol. The molecule has 108 valence electrons. The molecule has 0 aromatic carbocycles. The third-order valence-electron chi connectivity index (χ3n) is 3.00. The maximum absolute atomic E-state index is 12.0. The van der Waals surface area contributed by atoms with Crippen LogP contribution in [0.4, 0.5) is 0 Å². The predicted molar refractivity (Wildman–Crippen MR) is 78.7 cm³/mol. The van der Waals surface area contributed by atoms with Gasteiger partial charge in [0.25, 0.3) is 0 Å². The van der Waals surface area contributed by atoms with Crippen LogP contribution in [0.3, 0.4) is 0 Å². The topological polar surface area (TPSA) is 46.9 Å². The Labute approximate surface area is 120 Å². The Bertz CT molecular complexity index is 427. The van der Waals surface area contributed by atoms with E-state index < -0.39 is 0 Å². The molecule has 5 heteroatoms. The van der Waals surface area contributed by atoms with Gasteiger partial charge in [0.15, 0.2) is 0 Å². The standard InChI is InChI=1S/C14H24ClN3O/c1-5-18-13(14(15)11(4)17-18)9-12(19)7-6-8-16-10(2)3/h10,16H,5-9H2,1-4H3. The molecule has 0 radical (unpaired) electrons. The van der Waals surface area contributed by atoms with Crippen LogP contribution >= 0.6 is 11.6 Å². The largest absolute Gasteiger partial charge is 0.315 e. The van der Waals surface area contributed by atoms with E-state index in [1.54, 1.807) is 0 Å². The lowest BCUT2D eigenvalue weighted by atomic mass is 10.1. The van der Waals surface area contributed by atoms with Gasteiger partial charge in [0.2, 0.25) is 0 Å². The molecule has 0 spiro atoms. The lowest BCUT2D eigenvalue weighted by Crippen LogP contribution is -2.24. The van der Waals surface area contributed by atoms with E-state index in [9.17, 15) is 4.79 Å². The highest BCUT2D eigenvalue weighted by Gasteiger charge is 2.15. The third-order valence-corrected chi connectivity index (χ3v) is 3.49. The molecule has 0 atom stereocenters. The number of carbonyl (C=O) groups excluding carboxylic acids is 1. The van der Waals surface area contributed by atoms with Crippen LogP contribution in [0.5, 0.6) is 0 Å². The highest BCUT2D eigenvalue weighted by Crippen LogP contribution is 2.21. The van der Waals surface area contributed by atoms with E-state index in [0.29, 0.717) is 23.9 Å². The molecule has 0 aliphatic rings. The van der Waals surface area contributed by atoms with Gasteiger partial charge in [-0.3, -0.25) is 9.48 Å². The zero-order valence-electron chi connectivity index (χ0n) is 12.3. The molecular weight excluding hydrogens is 262 g/mol. The number of ketones is 1. The van der Waals surface area contributed by atoms with Gasteiger partial charge in [0.05, 0.1) is 16.4 Å². The minimum absolute atomic E-state index is 0.224. The average Bonchev–Trinajstić information content (AvgIpc) is 2.62. The quantitative estimate of drug-likeness (QED) is 0.747. The van der Waals surface area contributed by atoms with Gasteiger partial charge >= 0.3 is 0 Å². The van der Waals surface area contributed by atoms with E-state index in [1.165, 1.54) is 0 Å². The lowest BCUT2D eigenvalue weighted by Gasteiger charge is -2.08. The first-order chi connectivity index (χ1) is 8.95. The van der Waals surface area contributed by atoms with E-state index in [1.807, 2.05) is 18.5 Å². The van der Waals surface area contributed by atoms with Crippen molar-refractivity contribution in [2.75, 3.05) is 6.54 Å². The first-order valence-electron chi connectivity index (χ1n) is 6.92. The summed E-state index contributed by atoms with van der Waals surface area (Å²) in [5.74, 6) is 0.224. The molecule has 19 heavy (non-hydrogen) atoms. The second-order valence-electron chi connectivity index (χ2n) is 5.09. The molecule has 0 saturated carbocycles. The maximum Gasteiger partial charge on any atom is 0.138 e. The third kappa shape index (κ3) is 4.96. The van der Waals surface area contributed by atoms with Crippen LogP contribution in [0.15, 0.2) is 0 Å². The zero-order chi connectivity index (χ0) is 14.4. The fourth-order valence-electron chi connectivity index (χ4n) is 1.99. The van der Waals surface area contributed by atoms with Gasteiger partial charge in [-0.15, -0.1) is 0 Å². The number of rotatable bonds is 8. The van der Waals surface area contributed by atoms with Crippen LogP contribution < -0.4 is 5.32 Å². The molecule has 4 nitrogen and oxygen atoms in total. The van der Waals surface area contributed by atoms with Crippen molar-refractivity contribution in [3.8, 4) is 0 Å². The molecule has 0 aliphatic carbocycles. The summed E-state index contributed by atoms with van der Waals surface area (Å²) in [6.07, 6.45) is 1.84. The Morgan fingerprint density at radius 3 is 2.74 bits per heavy atom. The molecule has 0 aliphatic heterocycles. The summed E-state index contributed by atoms with van der Waals surface area (Å²) >= 11 is 6.19. The van der Waals surface area contributed by atoms with E-state index in [-0.39, 0.29) is 5.78 Å². The molecule has 0 bridgehead atoms. The van der Waals surface area contributed by atoms with E-state index in [2.05, 4.69) is 24.3 Å². The summed E-state index contributed by atoms with van der Waals surface area (Å²) in [6, 6.07) is 0.466. The van der Waals surface area contributed by atoms with Gasteiger partial charge in [0, 0.05) is 25.4 Å². The summed E-state index contributed by atoms with van der Waals surface area (Å²) in [5.41, 5.74) is 1.65. The number of nitrogens with one attached hydrogen (secondary N) is 1. The van der Waals surface area contributed by atoms with Gasteiger partial charge in [-0.25, -0.2) is 0 Å². The van der Waals surface area contributed by atoms with Crippen LogP contribution in [-0.4, -0.2) is 28.2 Å². The molecule has 1 heterocycles. The Balaban J connectivity index is 2.48. The Morgan fingerprint density at radius 1 is 1.47 bits per heavy atom. The lowest BCUT2D eigenvalue weighted by molar-refractivity contribution is -0.118. The fourth-order valence-corrected chi connectivity index (χ4v) is 2.19. The fraction of sp³-hybridized carbons (Fsp3) is 0.714. The van der Waals surface area contributed by atoms with Crippen LogP contribution in [-0.2, 0) is 17.8 Å². The van der Waals surface area contributed by atoms with Gasteiger partial charge in [-0.1, -0.05) is 25.4 Å². The van der Waals surface area contributed by atoms with Crippen LogP contribution in [0, 0.1) is 6.92 Å². The predicted octanol–water partition coefficient (Wildman–Crippen LogP) is 2.75. The van der Waals surface area contributed by atoms with Crippen molar-refractivity contribution in [2.24, 2.45) is 0 Å². The van der Waals surface area contributed by atoms with Crippen molar-refractivity contribution < 1.29 is 4.79 Å². The summed E-state index contributed by atoms with van der Waals surface area (Å²) in [4.78, 5) is 12.0. The van der Waals surface area contributed by atoms with Gasteiger partial charge in [-0.2, -0.15) is 5.10 Å². The van der Waals surface area contributed by atoms with Crippen molar-refractivity contribution in [3.05, 3.63) is 16.4 Å². The highest BCUT2D eigenvalue weighted by molar-refractivity contribution is 6.32. The number of aryl methyl sites for hydroxylation is 2. The Kier molecular flexibility index (Phi) is 6.52. The molecule has 0 fully saturated rings. The summed E-state index contributed by atoms with van der Waals surface area (Å²) in [5, 5.41) is 8.26. The van der Waals surface area contributed by atoms with Crippen molar-refractivity contribution in [1.82, 2.24) is 15.1 Å². The summed E-state index contributed by atoms with van der Waals surface area (Å²) < 4.78 is 1.82. The van der Waals surface area contributed by atoms with E-state index in [0.717, 1.165) is 30.9 Å². The number of hydrogen-bond acceptors (Lipinski definition) is 3. The average molecular weight is 286 g/mol. The summed E-state index contributed by atoms with van der Waals surface area (Å²) in [6.45, 7) is 9.70. The van der Waals surface area contributed by atoms with E-state index in [4.69, 9.17) is 11.6 Å². The number of halogens is 1. The Hall–Kier alpha value is -0.870. The SMILES string of the molecule is CCn1nc(C)c(Cl)c1CC(=O)CCCNC(C)C. The number of carbonyl (C=O) groups is 1. The molecule has 0 unspecified atom stereocenters. The molecule has 1 N–H and O–H groups in total. The van der Waals surface area contributed by atoms with Gasteiger partial charge in [0.1, 0.15) is 5.78 Å². The smallest absolute Gasteiger partial charge is 0.138 e. The molecule has 1 rings (SSSR count). The molecule has 1 aromatic rings. The van der Waals surface area contributed by atoms with Crippen molar-refractivity contribution in [2.45, 2.75) is 59.5 Å². The van der Waals surface area contributed by atoms with Crippen molar-refractivity contribution >= 4 is 17.4 Å². The molecule has 1 aromatic heterocycles. The van der Waals surface area contributed by atoms with Crippen LogP contribution in [0.1, 0.15) is 45.0 Å². The van der Waals surface area contributed by atoms with Gasteiger partial charge in [-0.05, 0) is 26.8 Å². The van der Waals surface area contributed by atoms with Gasteiger partial charge < -0.3 is 5.32 Å². The number of aromatic nitrogens is 2. The second-order valence-corrected chi connectivity index (χ2v) is 5.47. The number of hydrogen-bond donors (Lipinski definition) is 1. The number of nitrogens with zero attached hydrogens (tertiary/aromatic N) is 2.